The second-order valence-corrected chi connectivity index (χ2v) is 7.78. The first-order chi connectivity index (χ1) is 13.0. The number of hydrogen-bond acceptors (Lipinski definition) is 7. The lowest BCUT2D eigenvalue weighted by molar-refractivity contribution is 0.305. The first-order valence-electron chi connectivity index (χ1n) is 8.76. The number of hydrogen-bond donors (Lipinski definition) is 0. The van der Waals surface area contributed by atoms with Crippen LogP contribution in [0.15, 0.2) is 29.4 Å². The van der Waals surface area contributed by atoms with Gasteiger partial charge in [-0.05, 0) is 62.1 Å². The van der Waals surface area contributed by atoms with E-state index >= 15 is 0 Å². The highest BCUT2D eigenvalue weighted by Crippen LogP contribution is 2.28. The van der Waals surface area contributed by atoms with Crippen LogP contribution in [0.3, 0.4) is 0 Å². The molecule has 0 N–H and O–H groups in total. The van der Waals surface area contributed by atoms with Gasteiger partial charge in [0.1, 0.15) is 0 Å². The van der Waals surface area contributed by atoms with Crippen LogP contribution in [0.25, 0.3) is 5.69 Å². The van der Waals surface area contributed by atoms with E-state index in [1.165, 1.54) is 0 Å². The fourth-order valence-electron chi connectivity index (χ4n) is 2.55. The van der Waals surface area contributed by atoms with Crippen molar-refractivity contribution < 1.29 is 0 Å². The number of benzene rings is 1. The van der Waals surface area contributed by atoms with Gasteiger partial charge in [-0.25, -0.2) is 4.68 Å². The van der Waals surface area contributed by atoms with Crippen LogP contribution in [0.1, 0.15) is 38.0 Å². The molecule has 0 aliphatic rings. The molecule has 3 rings (SSSR count). The molecule has 0 saturated carbocycles. The molecule has 0 aliphatic heterocycles. The molecular formula is C17H23ClN8S. The summed E-state index contributed by atoms with van der Waals surface area (Å²) in [6.07, 6.45) is 0.980. The Morgan fingerprint density at radius 3 is 2.56 bits per heavy atom. The minimum atomic E-state index is 0.105. The number of thioether (sulfide) groups is 1. The predicted molar refractivity (Wildman–Crippen MR) is 106 cm³/mol. The molecule has 2 heterocycles. The fourth-order valence-corrected chi connectivity index (χ4v) is 3.57. The van der Waals surface area contributed by atoms with E-state index in [1.54, 1.807) is 11.8 Å². The van der Waals surface area contributed by atoms with Gasteiger partial charge in [-0.2, -0.15) is 0 Å². The summed E-state index contributed by atoms with van der Waals surface area (Å²) in [6, 6.07) is 7.80. The van der Waals surface area contributed by atoms with Gasteiger partial charge in [-0.15, -0.1) is 15.3 Å². The minimum absolute atomic E-state index is 0.105. The summed E-state index contributed by atoms with van der Waals surface area (Å²) in [4.78, 5) is 2.10. The Kier molecular flexibility index (Phi) is 6.46. The largest absolute Gasteiger partial charge is 0.300 e. The van der Waals surface area contributed by atoms with E-state index in [9.17, 15) is 0 Å². The Labute approximate surface area is 167 Å². The molecule has 0 spiro atoms. The molecule has 2 aromatic heterocycles. The Morgan fingerprint density at radius 2 is 1.89 bits per heavy atom. The van der Waals surface area contributed by atoms with E-state index in [0.29, 0.717) is 10.8 Å². The maximum Gasteiger partial charge on any atom is 0.196 e. The molecule has 144 valence electrons. The summed E-state index contributed by atoms with van der Waals surface area (Å²) in [7, 11) is 4.05. The summed E-state index contributed by atoms with van der Waals surface area (Å²) in [5.74, 6) is 2.32. The monoisotopic (exact) mass is 406 g/mol. The van der Waals surface area contributed by atoms with Crippen molar-refractivity contribution in [1.82, 2.24) is 39.9 Å². The highest BCUT2D eigenvalue weighted by Gasteiger charge is 2.21. The van der Waals surface area contributed by atoms with Crippen molar-refractivity contribution in [2.75, 3.05) is 14.1 Å². The van der Waals surface area contributed by atoms with Crippen LogP contribution >= 0.6 is 23.4 Å². The molecule has 27 heavy (non-hydrogen) atoms. The van der Waals surface area contributed by atoms with Gasteiger partial charge in [0.05, 0.1) is 11.8 Å². The molecule has 1 aromatic carbocycles. The topological polar surface area (TPSA) is 77.5 Å². The zero-order valence-corrected chi connectivity index (χ0v) is 17.4. The van der Waals surface area contributed by atoms with Crippen molar-refractivity contribution in [2.45, 2.75) is 43.8 Å². The molecule has 0 aliphatic carbocycles. The molecule has 1 atom stereocenters. The Bertz CT molecular complexity index is 873. The number of aryl methyl sites for hydroxylation is 1. The lowest BCUT2D eigenvalue weighted by Crippen LogP contribution is -2.20. The second-order valence-electron chi connectivity index (χ2n) is 6.40. The van der Waals surface area contributed by atoms with Crippen molar-refractivity contribution in [2.24, 2.45) is 0 Å². The molecule has 8 nitrogen and oxygen atoms in total. The SMILES string of the molecule is CCCn1nnnc1CSc1nnc(C(C)N(C)C)n1-c1ccc(Cl)cc1. The maximum absolute atomic E-state index is 6.06. The van der Waals surface area contributed by atoms with E-state index in [0.717, 1.165) is 35.5 Å². The van der Waals surface area contributed by atoms with E-state index in [-0.39, 0.29) is 6.04 Å². The maximum atomic E-state index is 6.06. The second kappa shape index (κ2) is 8.81. The highest BCUT2D eigenvalue weighted by atomic mass is 35.5. The molecule has 1 unspecified atom stereocenters. The Hall–Kier alpha value is -1.97. The Balaban J connectivity index is 1.92. The van der Waals surface area contributed by atoms with Crippen molar-refractivity contribution in [1.29, 1.82) is 0 Å². The molecule has 0 amide bonds. The van der Waals surface area contributed by atoms with Gasteiger partial charge in [0.15, 0.2) is 16.8 Å². The van der Waals surface area contributed by atoms with Crippen molar-refractivity contribution in [3.8, 4) is 5.69 Å². The first-order valence-corrected chi connectivity index (χ1v) is 10.1. The molecule has 0 radical (unpaired) electrons. The smallest absolute Gasteiger partial charge is 0.196 e. The van der Waals surface area contributed by atoms with Gasteiger partial charge in [0.25, 0.3) is 0 Å². The van der Waals surface area contributed by atoms with Crippen LogP contribution in [0, 0.1) is 0 Å². The summed E-state index contributed by atoms with van der Waals surface area (Å²) in [5.41, 5.74) is 0.976. The normalized spacial score (nSPS) is 12.7. The number of tetrazole rings is 1. The molecule has 10 heteroatoms. The number of aromatic nitrogens is 7. The minimum Gasteiger partial charge on any atom is -0.300 e. The standard InChI is InChI=1S/C17H23ClN8S/c1-5-10-25-15(19-22-23-25)11-27-17-21-20-16(12(2)24(3)4)26(17)14-8-6-13(18)7-9-14/h6-9,12H,5,10-11H2,1-4H3. The van der Waals surface area contributed by atoms with Gasteiger partial charge in [-0.3, -0.25) is 9.47 Å². The van der Waals surface area contributed by atoms with Gasteiger partial charge in [0, 0.05) is 17.3 Å². The van der Waals surface area contributed by atoms with E-state index in [1.807, 2.05) is 43.0 Å². The zero-order chi connectivity index (χ0) is 19.4. The zero-order valence-electron chi connectivity index (χ0n) is 15.9. The molecule has 0 saturated heterocycles. The Morgan fingerprint density at radius 1 is 1.15 bits per heavy atom. The van der Waals surface area contributed by atoms with E-state index in [2.05, 4.69) is 49.0 Å². The van der Waals surface area contributed by atoms with Gasteiger partial charge in [-0.1, -0.05) is 30.3 Å². The van der Waals surface area contributed by atoms with Gasteiger partial charge in [0.2, 0.25) is 0 Å². The van der Waals surface area contributed by atoms with Crippen LogP contribution in [-0.4, -0.2) is 54.0 Å². The lowest BCUT2D eigenvalue weighted by atomic mass is 10.2. The molecular weight excluding hydrogens is 384 g/mol. The fraction of sp³-hybridized carbons (Fsp3) is 0.471. The lowest BCUT2D eigenvalue weighted by Gasteiger charge is -2.20. The van der Waals surface area contributed by atoms with Crippen molar-refractivity contribution in [3.05, 3.63) is 40.9 Å². The van der Waals surface area contributed by atoms with Gasteiger partial charge < -0.3 is 0 Å². The van der Waals surface area contributed by atoms with Crippen LogP contribution in [0.5, 0.6) is 0 Å². The average molecular weight is 407 g/mol. The third-order valence-corrected chi connectivity index (χ3v) is 5.44. The first kappa shape index (κ1) is 19.8. The molecule has 0 fully saturated rings. The molecule has 3 aromatic rings. The number of rotatable bonds is 8. The van der Waals surface area contributed by atoms with Crippen LogP contribution in [0.2, 0.25) is 5.02 Å². The quantitative estimate of drug-likeness (QED) is 0.531. The summed E-state index contributed by atoms with van der Waals surface area (Å²) in [5, 5.41) is 22.3. The average Bonchev–Trinajstić information content (AvgIpc) is 3.27. The number of nitrogens with zero attached hydrogens (tertiary/aromatic N) is 8. The number of halogens is 1. The third-order valence-electron chi connectivity index (χ3n) is 4.26. The van der Waals surface area contributed by atoms with Crippen LogP contribution < -0.4 is 0 Å². The van der Waals surface area contributed by atoms with Crippen LogP contribution in [0.4, 0.5) is 0 Å². The van der Waals surface area contributed by atoms with Crippen molar-refractivity contribution >= 4 is 23.4 Å². The van der Waals surface area contributed by atoms with Crippen molar-refractivity contribution in [3.63, 3.8) is 0 Å². The summed E-state index contributed by atoms with van der Waals surface area (Å²) < 4.78 is 3.90. The third kappa shape index (κ3) is 4.48. The highest BCUT2D eigenvalue weighted by molar-refractivity contribution is 7.98. The van der Waals surface area contributed by atoms with Gasteiger partial charge >= 0.3 is 0 Å². The molecule has 0 bridgehead atoms. The summed E-state index contributed by atoms with van der Waals surface area (Å²) >= 11 is 7.63. The van der Waals surface area contributed by atoms with Crippen LogP contribution in [-0.2, 0) is 12.3 Å². The van der Waals surface area contributed by atoms with E-state index in [4.69, 9.17) is 11.6 Å². The summed E-state index contributed by atoms with van der Waals surface area (Å²) in [6.45, 7) is 5.01. The van der Waals surface area contributed by atoms with E-state index < -0.39 is 0 Å². The predicted octanol–water partition coefficient (Wildman–Crippen LogP) is 3.23.